The number of rotatable bonds is 6. The fourth-order valence-corrected chi connectivity index (χ4v) is 3.08. The second-order valence-corrected chi connectivity index (χ2v) is 7.10. The first-order chi connectivity index (χ1) is 14.0. The lowest BCUT2D eigenvalue weighted by Crippen LogP contribution is -2.10. The van der Waals surface area contributed by atoms with Gasteiger partial charge in [-0.2, -0.15) is 0 Å². The molecule has 4 aromatic rings. The van der Waals surface area contributed by atoms with Crippen molar-refractivity contribution in [3.05, 3.63) is 66.6 Å². The van der Waals surface area contributed by atoms with Crippen LogP contribution in [0.3, 0.4) is 0 Å². The van der Waals surface area contributed by atoms with E-state index in [0.29, 0.717) is 17.3 Å². The third-order valence-corrected chi connectivity index (χ3v) is 4.48. The predicted molar refractivity (Wildman–Crippen MR) is 110 cm³/mol. The zero-order valence-corrected chi connectivity index (χ0v) is 16.5. The van der Waals surface area contributed by atoms with E-state index in [0.717, 1.165) is 22.2 Å². The highest BCUT2D eigenvalue weighted by Crippen LogP contribution is 2.23. The van der Waals surface area contributed by atoms with E-state index in [-0.39, 0.29) is 18.3 Å². The fraction of sp³-hybridized carbons (Fsp3) is 0.227. The maximum absolute atomic E-state index is 12.7. The van der Waals surface area contributed by atoms with Gasteiger partial charge in [0.05, 0.1) is 36.3 Å². The Labute approximate surface area is 168 Å². The molecule has 1 aromatic carbocycles. The van der Waals surface area contributed by atoms with Gasteiger partial charge in [-0.15, -0.1) is 0 Å². The molecule has 0 atom stereocenters. The van der Waals surface area contributed by atoms with E-state index in [1.807, 2.05) is 49.9 Å². The van der Waals surface area contributed by atoms with Crippen LogP contribution >= 0.6 is 0 Å². The molecule has 7 heteroatoms. The summed E-state index contributed by atoms with van der Waals surface area (Å²) in [6.07, 6.45) is 6.99. The quantitative estimate of drug-likeness (QED) is 0.470. The summed E-state index contributed by atoms with van der Waals surface area (Å²) in [4.78, 5) is 30.0. The number of carbonyl (C=O) groups excluding carboxylic acids is 1. The number of hydrogen-bond acceptors (Lipinski definition) is 6. The predicted octanol–water partition coefficient (Wildman–Crippen LogP) is 3.64. The van der Waals surface area contributed by atoms with Gasteiger partial charge in [0.2, 0.25) is 5.88 Å². The molecule has 0 aliphatic heterocycles. The van der Waals surface area contributed by atoms with Gasteiger partial charge in [-0.1, -0.05) is 12.1 Å². The van der Waals surface area contributed by atoms with E-state index >= 15 is 0 Å². The minimum atomic E-state index is -0.0804. The van der Waals surface area contributed by atoms with Crippen molar-refractivity contribution >= 4 is 16.7 Å². The standard InChI is InChI=1S/C22H21N5O2/c1-14(2)29-22-9-16(6-7-24-22)20(28)10-21-25-11-17-5-4-15(8-18(17)26-21)19-12-23-13-27(19)3/h4-9,11-14H,10H2,1-3H3. The smallest absolute Gasteiger partial charge is 0.214 e. The molecular weight excluding hydrogens is 366 g/mol. The number of fused-ring (bicyclic) bond motifs is 1. The number of hydrogen-bond donors (Lipinski definition) is 0. The molecule has 3 aromatic heterocycles. The monoisotopic (exact) mass is 387 g/mol. The first-order valence-electron chi connectivity index (χ1n) is 9.38. The van der Waals surface area contributed by atoms with Crippen molar-refractivity contribution in [2.75, 3.05) is 0 Å². The summed E-state index contributed by atoms with van der Waals surface area (Å²) in [6.45, 7) is 3.83. The van der Waals surface area contributed by atoms with E-state index in [9.17, 15) is 4.79 Å². The summed E-state index contributed by atoms with van der Waals surface area (Å²) >= 11 is 0. The van der Waals surface area contributed by atoms with Gasteiger partial charge < -0.3 is 9.30 Å². The van der Waals surface area contributed by atoms with Gasteiger partial charge in [0.25, 0.3) is 0 Å². The molecule has 7 nitrogen and oxygen atoms in total. The number of nitrogens with zero attached hydrogens (tertiary/aromatic N) is 5. The summed E-state index contributed by atoms with van der Waals surface area (Å²) in [7, 11) is 1.95. The molecule has 0 N–H and O–H groups in total. The number of Topliss-reactive ketones (excluding diaryl/α,β-unsaturated/α-hetero) is 1. The van der Waals surface area contributed by atoms with E-state index in [2.05, 4.69) is 19.9 Å². The molecule has 3 heterocycles. The second kappa shape index (κ2) is 7.79. The van der Waals surface area contributed by atoms with Crippen LogP contribution in [-0.4, -0.2) is 36.4 Å². The highest BCUT2D eigenvalue weighted by atomic mass is 16.5. The number of ketones is 1. The molecule has 4 rings (SSSR count). The van der Waals surface area contributed by atoms with Crippen molar-refractivity contribution in [2.45, 2.75) is 26.4 Å². The van der Waals surface area contributed by atoms with E-state index < -0.39 is 0 Å². The Hall–Kier alpha value is -3.61. The topological polar surface area (TPSA) is 82.8 Å². The Morgan fingerprint density at radius 2 is 2.00 bits per heavy atom. The van der Waals surface area contributed by atoms with Crippen LogP contribution in [0.5, 0.6) is 5.88 Å². The lowest BCUT2D eigenvalue weighted by molar-refractivity contribution is 0.0990. The SMILES string of the molecule is CC(C)Oc1cc(C(=O)Cc2ncc3ccc(-c4cncn4C)cc3n2)ccn1. The average molecular weight is 387 g/mol. The normalized spacial score (nSPS) is 11.2. The van der Waals surface area contributed by atoms with Crippen LogP contribution in [0.25, 0.3) is 22.2 Å². The fourth-order valence-electron chi connectivity index (χ4n) is 3.08. The summed E-state index contributed by atoms with van der Waals surface area (Å²) in [6, 6.07) is 9.31. The van der Waals surface area contributed by atoms with Gasteiger partial charge in [0, 0.05) is 42.0 Å². The molecule has 0 amide bonds. The van der Waals surface area contributed by atoms with Crippen molar-refractivity contribution in [1.82, 2.24) is 24.5 Å². The Balaban J connectivity index is 1.59. The third kappa shape index (κ3) is 4.13. The molecule has 0 fully saturated rings. The van der Waals surface area contributed by atoms with Crippen molar-refractivity contribution < 1.29 is 9.53 Å². The number of ether oxygens (including phenoxy) is 1. The Morgan fingerprint density at radius 3 is 2.76 bits per heavy atom. The summed E-state index contributed by atoms with van der Waals surface area (Å²) < 4.78 is 7.52. The summed E-state index contributed by atoms with van der Waals surface area (Å²) in [5, 5.41) is 0.920. The van der Waals surface area contributed by atoms with Crippen molar-refractivity contribution in [3.8, 4) is 17.1 Å². The molecular formula is C22H21N5O2. The molecule has 0 bridgehead atoms. The third-order valence-electron chi connectivity index (χ3n) is 4.48. The van der Waals surface area contributed by atoms with Crippen LogP contribution in [0.4, 0.5) is 0 Å². The number of imidazole rings is 1. The molecule has 0 unspecified atom stereocenters. The largest absolute Gasteiger partial charge is 0.475 e. The van der Waals surface area contributed by atoms with Gasteiger partial charge in [0.1, 0.15) is 5.82 Å². The van der Waals surface area contributed by atoms with Crippen LogP contribution in [0.1, 0.15) is 30.0 Å². The number of carbonyl (C=O) groups is 1. The lowest BCUT2D eigenvalue weighted by Gasteiger charge is -2.09. The Morgan fingerprint density at radius 1 is 1.14 bits per heavy atom. The van der Waals surface area contributed by atoms with Crippen molar-refractivity contribution in [2.24, 2.45) is 7.05 Å². The van der Waals surface area contributed by atoms with Crippen molar-refractivity contribution in [3.63, 3.8) is 0 Å². The van der Waals surface area contributed by atoms with Crippen LogP contribution < -0.4 is 4.74 Å². The first kappa shape index (κ1) is 18.7. The van der Waals surface area contributed by atoms with Crippen LogP contribution in [0, 0.1) is 0 Å². The zero-order valence-electron chi connectivity index (χ0n) is 16.5. The molecule has 0 saturated carbocycles. The van der Waals surface area contributed by atoms with Gasteiger partial charge in [-0.25, -0.2) is 19.9 Å². The van der Waals surface area contributed by atoms with Gasteiger partial charge in [0.15, 0.2) is 5.78 Å². The number of benzene rings is 1. The van der Waals surface area contributed by atoms with E-state index in [1.54, 1.807) is 30.9 Å². The molecule has 29 heavy (non-hydrogen) atoms. The Bertz CT molecular complexity index is 1180. The van der Waals surface area contributed by atoms with Crippen LogP contribution in [0.15, 0.2) is 55.2 Å². The number of pyridine rings is 1. The lowest BCUT2D eigenvalue weighted by atomic mass is 10.1. The summed E-state index contributed by atoms with van der Waals surface area (Å²) in [5.74, 6) is 0.835. The van der Waals surface area contributed by atoms with Gasteiger partial charge >= 0.3 is 0 Å². The zero-order chi connectivity index (χ0) is 20.4. The molecule has 0 aliphatic carbocycles. The number of aryl methyl sites for hydroxylation is 1. The summed E-state index contributed by atoms with van der Waals surface area (Å²) in [5.41, 5.74) is 3.33. The maximum Gasteiger partial charge on any atom is 0.214 e. The molecule has 0 spiro atoms. The van der Waals surface area contributed by atoms with Crippen LogP contribution in [-0.2, 0) is 13.5 Å². The second-order valence-electron chi connectivity index (χ2n) is 7.10. The first-order valence-corrected chi connectivity index (χ1v) is 9.38. The minimum Gasteiger partial charge on any atom is -0.475 e. The number of aromatic nitrogens is 5. The van der Waals surface area contributed by atoms with Gasteiger partial charge in [-0.05, 0) is 26.0 Å². The van der Waals surface area contributed by atoms with E-state index in [4.69, 9.17) is 4.74 Å². The Kier molecular flexibility index (Phi) is 5.03. The van der Waals surface area contributed by atoms with E-state index in [1.165, 1.54) is 0 Å². The molecule has 0 radical (unpaired) electrons. The van der Waals surface area contributed by atoms with Crippen LogP contribution in [0.2, 0.25) is 0 Å². The molecule has 146 valence electrons. The van der Waals surface area contributed by atoms with Gasteiger partial charge in [-0.3, -0.25) is 4.79 Å². The highest BCUT2D eigenvalue weighted by Gasteiger charge is 2.12. The highest BCUT2D eigenvalue weighted by molar-refractivity contribution is 5.97. The average Bonchev–Trinajstić information content (AvgIpc) is 3.13. The van der Waals surface area contributed by atoms with Crippen molar-refractivity contribution in [1.29, 1.82) is 0 Å². The minimum absolute atomic E-state index is 0.00899. The maximum atomic E-state index is 12.7. The molecule has 0 aliphatic rings. The molecule has 0 saturated heterocycles.